The maximum absolute atomic E-state index is 9.99. The summed E-state index contributed by atoms with van der Waals surface area (Å²) >= 11 is 5.98. The van der Waals surface area contributed by atoms with Gasteiger partial charge >= 0.3 is 0 Å². The van der Waals surface area contributed by atoms with E-state index in [2.05, 4.69) is 10.3 Å². The van der Waals surface area contributed by atoms with Gasteiger partial charge in [-0.15, -0.1) is 0 Å². The average Bonchev–Trinajstić information content (AvgIpc) is 2.74. The Bertz CT molecular complexity index is 326. The van der Waals surface area contributed by atoms with E-state index < -0.39 is 0 Å². The van der Waals surface area contributed by atoms with Crippen LogP contribution in [0.2, 0.25) is 5.02 Å². The fourth-order valence-electron chi connectivity index (χ4n) is 1.98. The third-order valence-corrected chi connectivity index (χ3v) is 3.19. The predicted molar refractivity (Wildman–Crippen MR) is 60.0 cm³/mol. The zero-order valence-corrected chi connectivity index (χ0v) is 9.24. The highest BCUT2D eigenvalue weighted by Gasteiger charge is 2.23. The Hall–Kier alpha value is -0.640. The Morgan fingerprint density at radius 3 is 3.20 bits per heavy atom. The van der Waals surface area contributed by atoms with E-state index in [1.807, 2.05) is 6.07 Å². The quantitative estimate of drug-likeness (QED) is 0.819. The van der Waals surface area contributed by atoms with Crippen molar-refractivity contribution in [2.24, 2.45) is 0 Å². The van der Waals surface area contributed by atoms with Crippen molar-refractivity contribution in [1.82, 2.24) is 10.3 Å². The summed E-state index contributed by atoms with van der Waals surface area (Å²) in [6, 6.07) is 2.08. The van der Waals surface area contributed by atoms with Crippen molar-refractivity contribution in [1.29, 1.82) is 0 Å². The second-order valence-corrected chi connectivity index (χ2v) is 4.35. The molecule has 2 heterocycles. The van der Waals surface area contributed by atoms with Crippen LogP contribution in [0.15, 0.2) is 18.5 Å². The van der Waals surface area contributed by atoms with E-state index in [-0.39, 0.29) is 12.1 Å². The summed E-state index contributed by atoms with van der Waals surface area (Å²) in [4.78, 5) is 3.92. The second-order valence-electron chi connectivity index (χ2n) is 3.94. The largest absolute Gasteiger partial charge is 0.391 e. The van der Waals surface area contributed by atoms with Gasteiger partial charge in [0.05, 0.1) is 11.1 Å². The molecule has 1 aliphatic heterocycles. The van der Waals surface area contributed by atoms with Crippen molar-refractivity contribution in [2.75, 3.05) is 6.54 Å². The molecule has 0 amide bonds. The van der Waals surface area contributed by atoms with Gasteiger partial charge in [0.1, 0.15) is 0 Å². The fourth-order valence-corrected chi connectivity index (χ4v) is 2.17. The van der Waals surface area contributed by atoms with E-state index in [1.165, 1.54) is 0 Å². The first-order chi connectivity index (χ1) is 7.27. The molecule has 3 nitrogen and oxygen atoms in total. The lowest BCUT2D eigenvalue weighted by atomic mass is 10.0. The predicted octanol–water partition coefficient (Wildman–Crippen LogP) is 1.39. The Morgan fingerprint density at radius 2 is 2.53 bits per heavy atom. The molecule has 1 aromatic heterocycles. The van der Waals surface area contributed by atoms with Crippen LogP contribution in [-0.4, -0.2) is 28.8 Å². The van der Waals surface area contributed by atoms with Crippen LogP contribution < -0.4 is 5.32 Å². The zero-order valence-electron chi connectivity index (χ0n) is 8.49. The average molecular weight is 227 g/mol. The van der Waals surface area contributed by atoms with E-state index >= 15 is 0 Å². The first-order valence-electron chi connectivity index (χ1n) is 5.27. The number of nitrogens with zero attached hydrogens (tertiary/aromatic N) is 1. The number of nitrogens with one attached hydrogen (secondary N) is 1. The maximum Gasteiger partial charge on any atom is 0.0733 e. The van der Waals surface area contributed by atoms with Gasteiger partial charge in [0.15, 0.2) is 0 Å². The number of hydrogen-bond donors (Lipinski definition) is 2. The first-order valence-corrected chi connectivity index (χ1v) is 5.65. The third-order valence-electron chi connectivity index (χ3n) is 2.85. The minimum absolute atomic E-state index is 0.217. The molecule has 0 aromatic carbocycles. The topological polar surface area (TPSA) is 45.2 Å². The monoisotopic (exact) mass is 226 g/mol. The molecular formula is C11H15ClN2O. The molecule has 4 heteroatoms. The highest BCUT2D eigenvalue weighted by molar-refractivity contribution is 6.31. The molecule has 2 unspecified atom stereocenters. The van der Waals surface area contributed by atoms with Gasteiger partial charge in [-0.3, -0.25) is 4.98 Å². The molecule has 2 atom stereocenters. The molecule has 1 saturated heterocycles. The van der Waals surface area contributed by atoms with Gasteiger partial charge in [0.25, 0.3) is 0 Å². The Labute approximate surface area is 94.5 Å². The van der Waals surface area contributed by atoms with Crippen LogP contribution in [0.4, 0.5) is 0 Å². The number of aliphatic hydroxyl groups excluding tert-OH is 1. The molecule has 0 radical (unpaired) electrons. The van der Waals surface area contributed by atoms with Crippen LogP contribution in [-0.2, 0) is 6.42 Å². The Kier molecular flexibility index (Phi) is 3.57. The molecule has 1 aliphatic rings. The van der Waals surface area contributed by atoms with Crippen molar-refractivity contribution < 1.29 is 5.11 Å². The molecule has 0 saturated carbocycles. The van der Waals surface area contributed by atoms with Crippen LogP contribution in [0.3, 0.4) is 0 Å². The smallest absolute Gasteiger partial charge is 0.0733 e. The number of pyridine rings is 1. The van der Waals surface area contributed by atoms with Crippen LogP contribution in [0.25, 0.3) is 0 Å². The zero-order chi connectivity index (χ0) is 10.7. The van der Waals surface area contributed by atoms with Gasteiger partial charge in [-0.2, -0.15) is 0 Å². The standard InChI is InChI=1S/C11H15ClN2O/c12-9-7-13-5-3-8(9)6-11(15)10-2-1-4-14-10/h3,5,7,10-11,14-15H,1-2,4,6H2. The summed E-state index contributed by atoms with van der Waals surface area (Å²) < 4.78 is 0. The minimum Gasteiger partial charge on any atom is -0.391 e. The lowest BCUT2D eigenvalue weighted by molar-refractivity contribution is 0.136. The molecule has 0 bridgehead atoms. The van der Waals surface area contributed by atoms with Crippen molar-refractivity contribution in [3.8, 4) is 0 Å². The Morgan fingerprint density at radius 1 is 1.67 bits per heavy atom. The van der Waals surface area contributed by atoms with Gasteiger partial charge in [-0.1, -0.05) is 11.6 Å². The normalized spacial score (nSPS) is 22.9. The van der Waals surface area contributed by atoms with Crippen LogP contribution in [0, 0.1) is 0 Å². The summed E-state index contributed by atoms with van der Waals surface area (Å²) in [7, 11) is 0. The van der Waals surface area contributed by atoms with Crippen LogP contribution in [0.5, 0.6) is 0 Å². The number of rotatable bonds is 3. The second kappa shape index (κ2) is 4.92. The van der Waals surface area contributed by atoms with Crippen molar-refractivity contribution >= 4 is 11.6 Å². The molecule has 2 N–H and O–H groups in total. The molecular weight excluding hydrogens is 212 g/mol. The Balaban J connectivity index is 1.99. The van der Waals surface area contributed by atoms with E-state index in [0.29, 0.717) is 11.4 Å². The van der Waals surface area contributed by atoms with Gasteiger partial charge in [-0.25, -0.2) is 0 Å². The molecule has 15 heavy (non-hydrogen) atoms. The molecule has 2 rings (SSSR count). The van der Waals surface area contributed by atoms with E-state index in [4.69, 9.17) is 11.6 Å². The highest BCUT2D eigenvalue weighted by Crippen LogP contribution is 2.18. The van der Waals surface area contributed by atoms with E-state index in [0.717, 1.165) is 24.9 Å². The molecule has 0 aliphatic carbocycles. The van der Waals surface area contributed by atoms with Crippen molar-refractivity contribution in [2.45, 2.75) is 31.4 Å². The first kappa shape index (κ1) is 10.9. The van der Waals surface area contributed by atoms with Crippen LogP contribution in [0.1, 0.15) is 18.4 Å². The minimum atomic E-state index is -0.354. The summed E-state index contributed by atoms with van der Waals surface area (Å²) in [5, 5.41) is 13.9. The number of aliphatic hydroxyl groups is 1. The molecule has 1 aromatic rings. The van der Waals surface area contributed by atoms with Crippen LogP contribution >= 0.6 is 11.6 Å². The summed E-state index contributed by atoms with van der Waals surface area (Å²) in [5.41, 5.74) is 0.966. The van der Waals surface area contributed by atoms with Gasteiger partial charge in [0.2, 0.25) is 0 Å². The molecule has 1 fully saturated rings. The maximum atomic E-state index is 9.99. The summed E-state index contributed by atoms with van der Waals surface area (Å²) in [6.45, 7) is 1.01. The van der Waals surface area contributed by atoms with Gasteiger partial charge < -0.3 is 10.4 Å². The van der Waals surface area contributed by atoms with Gasteiger partial charge in [0, 0.05) is 24.9 Å². The van der Waals surface area contributed by atoms with Gasteiger partial charge in [-0.05, 0) is 31.0 Å². The lowest BCUT2D eigenvalue weighted by Crippen LogP contribution is -2.36. The summed E-state index contributed by atoms with van der Waals surface area (Å²) in [5.74, 6) is 0. The molecule has 82 valence electrons. The number of halogens is 1. The van der Waals surface area contributed by atoms with E-state index in [9.17, 15) is 5.11 Å². The fraction of sp³-hybridized carbons (Fsp3) is 0.545. The van der Waals surface area contributed by atoms with Crippen molar-refractivity contribution in [3.05, 3.63) is 29.0 Å². The molecule has 0 spiro atoms. The van der Waals surface area contributed by atoms with E-state index in [1.54, 1.807) is 12.4 Å². The number of hydrogen-bond acceptors (Lipinski definition) is 3. The number of aromatic nitrogens is 1. The third kappa shape index (κ3) is 2.68. The summed E-state index contributed by atoms with van der Waals surface area (Å²) in [6.07, 6.45) is 5.75. The highest BCUT2D eigenvalue weighted by atomic mass is 35.5. The SMILES string of the molecule is OC(Cc1ccncc1Cl)C1CCCN1. The lowest BCUT2D eigenvalue weighted by Gasteiger charge is -2.18. The van der Waals surface area contributed by atoms with Crippen molar-refractivity contribution in [3.63, 3.8) is 0 Å².